The Morgan fingerprint density at radius 3 is 2.35 bits per heavy atom. The second kappa shape index (κ2) is 21.7. The maximum absolute atomic E-state index is 13.8. The molecule has 0 bridgehead atoms. The van der Waals surface area contributed by atoms with Crippen molar-refractivity contribution in [2.45, 2.75) is 77.0 Å². The zero-order valence-electron chi connectivity index (χ0n) is 33.2. The maximum Gasteiger partial charge on any atom is 0.312 e. The van der Waals surface area contributed by atoms with Gasteiger partial charge in [0.25, 0.3) is 0 Å². The van der Waals surface area contributed by atoms with E-state index < -0.39 is 72.6 Å². The molecular formula is C40H49N3O17. The summed E-state index contributed by atoms with van der Waals surface area (Å²) in [6, 6.07) is 7.40. The van der Waals surface area contributed by atoms with Gasteiger partial charge < -0.3 is 68.2 Å². The molecule has 2 aromatic heterocycles. The Balaban J connectivity index is 1.04. The monoisotopic (exact) mass is 843 g/mol. The molecule has 20 heteroatoms. The van der Waals surface area contributed by atoms with Crippen LogP contribution in [-0.2, 0) is 52.8 Å². The number of methoxy groups -OCH3 is 1. The minimum Gasteiger partial charge on any atom is -0.507 e. The Bertz CT molecular complexity index is 2150. The molecule has 0 saturated carbocycles. The fourth-order valence-corrected chi connectivity index (χ4v) is 5.93. The molecule has 5 rings (SSSR count). The minimum absolute atomic E-state index is 0.0167. The molecule has 60 heavy (non-hydrogen) atoms. The number of aliphatic hydroxyl groups excluding tert-OH is 4. The van der Waals surface area contributed by atoms with Crippen molar-refractivity contribution in [3.8, 4) is 34.3 Å². The number of aromatic nitrogens is 3. The third-order valence-electron chi connectivity index (χ3n) is 9.15. The number of carbonyl (C=O) groups excluding carboxylic acids is 2. The van der Waals surface area contributed by atoms with Gasteiger partial charge in [0.1, 0.15) is 64.9 Å². The third kappa shape index (κ3) is 11.9. The van der Waals surface area contributed by atoms with Crippen molar-refractivity contribution < 1.29 is 77.8 Å². The average Bonchev–Trinajstić information content (AvgIpc) is 3.68. The van der Waals surface area contributed by atoms with Gasteiger partial charge >= 0.3 is 11.9 Å². The number of hydrogen-bond donors (Lipinski definition) is 6. The van der Waals surface area contributed by atoms with Crippen LogP contribution < -0.4 is 14.9 Å². The maximum atomic E-state index is 13.8. The lowest BCUT2D eigenvalue weighted by Gasteiger charge is -2.39. The first-order valence-electron chi connectivity index (χ1n) is 19.0. The van der Waals surface area contributed by atoms with Crippen molar-refractivity contribution in [3.05, 3.63) is 69.7 Å². The van der Waals surface area contributed by atoms with Crippen LogP contribution >= 0.6 is 0 Å². The lowest BCUT2D eigenvalue weighted by molar-refractivity contribution is -0.301. The van der Waals surface area contributed by atoms with Crippen molar-refractivity contribution in [2.24, 2.45) is 0 Å². The van der Waals surface area contributed by atoms with E-state index in [0.29, 0.717) is 17.0 Å². The van der Waals surface area contributed by atoms with E-state index in [1.165, 1.54) is 11.8 Å². The summed E-state index contributed by atoms with van der Waals surface area (Å²) in [5, 5.41) is 68.1. The van der Waals surface area contributed by atoms with Crippen LogP contribution in [0.5, 0.6) is 23.0 Å². The first-order valence-corrected chi connectivity index (χ1v) is 19.0. The second-order valence-electron chi connectivity index (χ2n) is 13.8. The van der Waals surface area contributed by atoms with Crippen molar-refractivity contribution in [2.75, 3.05) is 46.8 Å². The van der Waals surface area contributed by atoms with Gasteiger partial charge in [-0.15, -0.1) is 5.10 Å². The summed E-state index contributed by atoms with van der Waals surface area (Å²) in [5.41, 5.74) is 1.09. The Kier molecular flexibility index (Phi) is 16.5. The molecule has 1 fully saturated rings. The molecule has 0 unspecified atom stereocenters. The van der Waals surface area contributed by atoms with Crippen LogP contribution in [-0.4, -0.2) is 135 Å². The Morgan fingerprint density at radius 2 is 1.63 bits per heavy atom. The molecule has 0 aliphatic carbocycles. The molecule has 1 saturated heterocycles. The lowest BCUT2D eigenvalue weighted by atomic mass is 9.99. The second-order valence-corrected chi connectivity index (χ2v) is 13.8. The molecule has 326 valence electrons. The SMILES string of the molecule is COc1ccc(-c2oc3c(CC=C(C)C)c(O)cc(O)c3c(=O)c2OC(=O)CCC(=O)OCCOCCOCc2cn(CCO[C@@H]3O[C@H](CO)[C@@H](O)[C@H](O)[C@H]3O)nn2)cc1. The molecule has 1 aliphatic heterocycles. The summed E-state index contributed by atoms with van der Waals surface area (Å²) in [4.78, 5) is 39.2. The van der Waals surface area contributed by atoms with Gasteiger partial charge in [-0.2, -0.15) is 0 Å². The number of nitrogens with zero attached hydrogens (tertiary/aromatic N) is 3. The van der Waals surface area contributed by atoms with Crippen LogP contribution in [0.1, 0.15) is 37.9 Å². The van der Waals surface area contributed by atoms with Gasteiger partial charge in [0.2, 0.25) is 11.2 Å². The van der Waals surface area contributed by atoms with Crippen LogP contribution in [0.3, 0.4) is 0 Å². The van der Waals surface area contributed by atoms with E-state index in [1.807, 2.05) is 19.9 Å². The van der Waals surface area contributed by atoms with E-state index in [1.54, 1.807) is 30.5 Å². The standard InChI is InChI=1S/C40H49N3O17/c1-22(2)4-9-26-27(45)18-28(46)32-34(50)39(37(60-38(26)32)23-5-7-25(53-3)8-6-23)59-31(48)11-10-30(47)56-17-16-54-14-15-55-21-24-19-43(42-41-24)12-13-57-40-36(52)35(51)33(49)29(20-44)58-40/h4-8,18-19,29,33,35-36,40,44-46,49,51-52H,9-17,20-21H2,1-3H3/t29-,33-,35+,36-,40-/m1/s1. The highest BCUT2D eigenvalue weighted by Crippen LogP contribution is 2.39. The molecule has 4 aromatic rings. The average molecular weight is 844 g/mol. The zero-order valence-corrected chi connectivity index (χ0v) is 33.2. The summed E-state index contributed by atoms with van der Waals surface area (Å²) in [6.45, 7) is 3.80. The van der Waals surface area contributed by atoms with Crippen LogP contribution in [0.15, 0.2) is 57.4 Å². The van der Waals surface area contributed by atoms with Gasteiger partial charge in [-0.25, -0.2) is 4.68 Å². The van der Waals surface area contributed by atoms with Crippen LogP contribution in [0.4, 0.5) is 0 Å². The number of phenols is 2. The van der Waals surface area contributed by atoms with Crippen molar-refractivity contribution in [1.82, 2.24) is 15.0 Å². The molecule has 1 aliphatic rings. The number of rotatable bonds is 21. The van der Waals surface area contributed by atoms with Crippen molar-refractivity contribution in [1.29, 1.82) is 0 Å². The molecule has 5 atom stereocenters. The highest BCUT2D eigenvalue weighted by molar-refractivity contribution is 5.92. The number of ether oxygens (including phenoxy) is 7. The predicted octanol–water partition coefficient (Wildman–Crippen LogP) is 1.26. The van der Waals surface area contributed by atoms with Gasteiger partial charge in [-0.1, -0.05) is 16.9 Å². The van der Waals surface area contributed by atoms with Gasteiger partial charge in [0.15, 0.2) is 12.1 Å². The van der Waals surface area contributed by atoms with Crippen molar-refractivity contribution in [3.63, 3.8) is 0 Å². The normalized spacial score (nSPS) is 18.9. The molecule has 0 amide bonds. The summed E-state index contributed by atoms with van der Waals surface area (Å²) >= 11 is 0. The number of esters is 2. The lowest BCUT2D eigenvalue weighted by Crippen LogP contribution is -2.59. The molecule has 0 radical (unpaired) electrons. The molecule has 2 aromatic carbocycles. The first-order chi connectivity index (χ1) is 28.8. The van der Waals surface area contributed by atoms with Crippen LogP contribution in [0, 0.1) is 0 Å². The first kappa shape index (κ1) is 45.6. The molecule has 3 heterocycles. The molecule has 0 spiro atoms. The van der Waals surface area contributed by atoms with E-state index in [0.717, 1.165) is 11.6 Å². The highest BCUT2D eigenvalue weighted by atomic mass is 16.7. The number of phenolic OH excluding ortho intramolecular Hbond substituents is 2. The smallest absolute Gasteiger partial charge is 0.312 e. The van der Waals surface area contributed by atoms with Crippen LogP contribution in [0.2, 0.25) is 0 Å². The van der Waals surface area contributed by atoms with Crippen LogP contribution in [0.25, 0.3) is 22.3 Å². The van der Waals surface area contributed by atoms with E-state index in [-0.39, 0.29) is 87.1 Å². The van der Waals surface area contributed by atoms with E-state index in [4.69, 9.17) is 37.6 Å². The number of fused-ring (bicyclic) bond motifs is 1. The number of carbonyl (C=O) groups is 2. The summed E-state index contributed by atoms with van der Waals surface area (Å²) in [7, 11) is 1.48. The number of aliphatic hydroxyl groups is 4. The largest absolute Gasteiger partial charge is 0.507 e. The van der Waals surface area contributed by atoms with Gasteiger partial charge in [-0.05, 0) is 44.5 Å². The number of allylic oxidation sites excluding steroid dienone is 2. The summed E-state index contributed by atoms with van der Waals surface area (Å²) in [6.07, 6.45) is -4.07. The molecule has 20 nitrogen and oxygen atoms in total. The molecule has 6 N–H and O–H groups in total. The summed E-state index contributed by atoms with van der Waals surface area (Å²) < 4.78 is 45.1. The predicted molar refractivity (Wildman–Crippen MR) is 207 cm³/mol. The van der Waals surface area contributed by atoms with Gasteiger partial charge in [0, 0.05) is 17.2 Å². The minimum atomic E-state index is -1.54. The Morgan fingerprint density at radius 1 is 0.917 bits per heavy atom. The summed E-state index contributed by atoms with van der Waals surface area (Å²) in [5.74, 6) is -2.66. The number of aromatic hydroxyl groups is 2. The molecular weight excluding hydrogens is 794 g/mol. The van der Waals surface area contributed by atoms with Gasteiger partial charge in [0.05, 0.1) is 72.3 Å². The van der Waals surface area contributed by atoms with Crippen molar-refractivity contribution >= 4 is 22.9 Å². The Hall–Kier alpha value is -5.45. The zero-order chi connectivity index (χ0) is 43.3. The third-order valence-corrected chi connectivity index (χ3v) is 9.15. The van der Waals surface area contributed by atoms with E-state index >= 15 is 0 Å². The quantitative estimate of drug-likeness (QED) is 0.0391. The highest BCUT2D eigenvalue weighted by Gasteiger charge is 2.44. The Labute approximate surface area is 343 Å². The van der Waals surface area contributed by atoms with E-state index in [2.05, 4.69) is 10.3 Å². The van der Waals surface area contributed by atoms with Gasteiger partial charge in [-0.3, -0.25) is 14.4 Å². The fraction of sp³-hybridized carbons (Fsp3) is 0.475. The fourth-order valence-electron chi connectivity index (χ4n) is 5.93. The number of hydrogen-bond acceptors (Lipinski definition) is 19. The number of benzene rings is 2. The topological polar surface area (TPSA) is 281 Å². The van der Waals surface area contributed by atoms with E-state index in [9.17, 15) is 45.0 Å².